The summed E-state index contributed by atoms with van der Waals surface area (Å²) < 4.78 is 26.7. The van der Waals surface area contributed by atoms with Crippen molar-refractivity contribution >= 4 is 38.5 Å². The van der Waals surface area contributed by atoms with Gasteiger partial charge in [0.2, 0.25) is 0 Å². The van der Waals surface area contributed by atoms with E-state index < -0.39 is 0 Å². The Hall–Kier alpha value is -2.97. The number of pyridine rings is 1. The normalized spacial score (nSPS) is 15.7. The number of imidazole rings is 1. The van der Waals surface area contributed by atoms with Gasteiger partial charge in [-0.3, -0.25) is 0 Å². The molecule has 1 aliphatic rings. The fourth-order valence-corrected chi connectivity index (χ4v) is 4.33. The third-order valence-corrected chi connectivity index (χ3v) is 5.76. The molecule has 1 unspecified atom stereocenters. The summed E-state index contributed by atoms with van der Waals surface area (Å²) in [5.41, 5.74) is 3.62. The summed E-state index contributed by atoms with van der Waals surface area (Å²) in [6.45, 7) is 2.92. The van der Waals surface area contributed by atoms with Gasteiger partial charge < -0.3 is 19.4 Å². The molecule has 0 radical (unpaired) electrons. The molecule has 0 fully saturated rings. The highest BCUT2D eigenvalue weighted by Gasteiger charge is 2.32. The van der Waals surface area contributed by atoms with Crippen molar-refractivity contribution in [2.45, 2.75) is 13.0 Å². The second-order valence-electron chi connectivity index (χ2n) is 7.51. The Balaban J connectivity index is 1.65. The number of fused-ring (bicyclic) bond motifs is 2. The number of rotatable bonds is 4. The molecule has 4 aromatic rings. The average Bonchev–Trinajstić information content (AvgIpc) is 3.18. The van der Waals surface area contributed by atoms with Crippen LogP contribution in [0.2, 0.25) is 0 Å². The lowest BCUT2D eigenvalue weighted by atomic mass is 10.1. The number of nitrogens with one attached hydrogen (secondary N) is 1. The molecule has 0 spiro atoms. The van der Waals surface area contributed by atoms with Crippen molar-refractivity contribution in [2.24, 2.45) is 0 Å². The van der Waals surface area contributed by atoms with Crippen molar-refractivity contribution in [1.82, 2.24) is 15.0 Å². The third-order valence-electron chi connectivity index (χ3n) is 5.30. The number of hydrogen-bond acceptors (Lipinski definition) is 5. The Morgan fingerprint density at radius 3 is 2.94 bits per heavy atom. The van der Waals surface area contributed by atoms with E-state index in [1.807, 2.05) is 49.5 Å². The number of halogens is 2. The maximum atomic E-state index is 14.4. The summed E-state index contributed by atoms with van der Waals surface area (Å²) in [7, 11) is 1.67. The number of methoxy groups -OCH3 is 1. The summed E-state index contributed by atoms with van der Waals surface area (Å²) in [5, 5.41) is 0. The van der Waals surface area contributed by atoms with E-state index in [9.17, 15) is 4.39 Å². The molecule has 8 heteroatoms. The maximum Gasteiger partial charge on any atom is 0.154 e. The van der Waals surface area contributed by atoms with Gasteiger partial charge in [-0.15, -0.1) is 0 Å². The van der Waals surface area contributed by atoms with Crippen LogP contribution in [0.3, 0.4) is 0 Å². The molecule has 1 N–H and O–H groups in total. The number of hydrogen-bond donors (Lipinski definition) is 1. The van der Waals surface area contributed by atoms with Gasteiger partial charge in [-0.05, 0) is 42.8 Å². The molecule has 6 nitrogen and oxygen atoms in total. The number of anilines is 2. The monoisotopic (exact) mass is 482 g/mol. The minimum Gasteiger partial charge on any atom is -0.488 e. The second-order valence-corrected chi connectivity index (χ2v) is 8.42. The Labute approximate surface area is 187 Å². The van der Waals surface area contributed by atoms with E-state index in [0.29, 0.717) is 40.3 Å². The quantitative estimate of drug-likeness (QED) is 0.422. The van der Waals surface area contributed by atoms with Gasteiger partial charge in [0.15, 0.2) is 11.6 Å². The van der Waals surface area contributed by atoms with Gasteiger partial charge in [0.25, 0.3) is 0 Å². The SMILES string of the molecule is COCC1COc2c(-c3nc4c(F)cc(Br)cc4[nH]3)cccc2N1c1ccc(C)cn1. The van der Waals surface area contributed by atoms with Crippen LogP contribution in [0.5, 0.6) is 5.75 Å². The number of aromatic amines is 1. The van der Waals surface area contributed by atoms with Crippen LogP contribution in [0, 0.1) is 12.7 Å². The largest absolute Gasteiger partial charge is 0.488 e. The Kier molecular flexibility index (Phi) is 5.11. The first-order valence-electron chi connectivity index (χ1n) is 9.87. The molecule has 0 saturated heterocycles. The first kappa shape index (κ1) is 20.0. The van der Waals surface area contributed by atoms with E-state index in [4.69, 9.17) is 9.47 Å². The number of benzene rings is 2. The number of nitrogens with zero attached hydrogens (tertiary/aromatic N) is 3. The van der Waals surface area contributed by atoms with Crippen molar-refractivity contribution in [3.8, 4) is 17.1 Å². The molecular weight excluding hydrogens is 463 g/mol. The van der Waals surface area contributed by atoms with E-state index in [1.54, 1.807) is 7.11 Å². The third kappa shape index (κ3) is 3.55. The van der Waals surface area contributed by atoms with E-state index in [2.05, 4.69) is 35.8 Å². The predicted octanol–water partition coefficient (Wildman–Crippen LogP) is 5.38. The van der Waals surface area contributed by atoms with Crippen molar-refractivity contribution in [2.75, 3.05) is 25.2 Å². The predicted molar refractivity (Wildman–Crippen MR) is 121 cm³/mol. The van der Waals surface area contributed by atoms with Crippen LogP contribution in [0.15, 0.2) is 53.1 Å². The lowest BCUT2D eigenvalue weighted by molar-refractivity contribution is 0.146. The lowest BCUT2D eigenvalue weighted by Crippen LogP contribution is -2.43. The number of ether oxygens (including phenoxy) is 2. The molecule has 3 heterocycles. The molecule has 2 aromatic carbocycles. The second kappa shape index (κ2) is 7.94. The molecule has 158 valence electrons. The minimum absolute atomic E-state index is 0.0352. The minimum atomic E-state index is -0.386. The summed E-state index contributed by atoms with van der Waals surface area (Å²) >= 11 is 3.33. The Morgan fingerprint density at radius 1 is 1.29 bits per heavy atom. The van der Waals surface area contributed by atoms with Gasteiger partial charge in [-0.1, -0.05) is 28.1 Å². The molecule has 0 saturated carbocycles. The molecule has 2 aromatic heterocycles. The van der Waals surface area contributed by atoms with E-state index in [-0.39, 0.29) is 11.9 Å². The van der Waals surface area contributed by atoms with Crippen LogP contribution in [0.4, 0.5) is 15.9 Å². The van der Waals surface area contributed by atoms with Gasteiger partial charge in [-0.25, -0.2) is 14.4 Å². The van der Waals surface area contributed by atoms with E-state index >= 15 is 0 Å². The lowest BCUT2D eigenvalue weighted by Gasteiger charge is -2.38. The van der Waals surface area contributed by atoms with Gasteiger partial charge in [-0.2, -0.15) is 0 Å². The zero-order valence-electron chi connectivity index (χ0n) is 17.0. The van der Waals surface area contributed by atoms with Gasteiger partial charge >= 0.3 is 0 Å². The van der Waals surface area contributed by atoms with Crippen molar-refractivity contribution in [3.63, 3.8) is 0 Å². The molecule has 31 heavy (non-hydrogen) atoms. The van der Waals surface area contributed by atoms with E-state index in [1.165, 1.54) is 6.07 Å². The number of aryl methyl sites for hydroxylation is 1. The molecule has 0 aliphatic carbocycles. The van der Waals surface area contributed by atoms with Gasteiger partial charge in [0.05, 0.1) is 29.4 Å². The fourth-order valence-electron chi connectivity index (χ4n) is 3.90. The smallest absolute Gasteiger partial charge is 0.154 e. The van der Waals surface area contributed by atoms with E-state index in [0.717, 1.165) is 22.6 Å². The number of aromatic nitrogens is 3. The van der Waals surface area contributed by atoms with Gasteiger partial charge in [0, 0.05) is 17.8 Å². The first-order valence-corrected chi connectivity index (χ1v) is 10.7. The number of para-hydroxylation sites is 1. The van der Waals surface area contributed by atoms with Crippen LogP contribution in [0.25, 0.3) is 22.4 Å². The Morgan fingerprint density at radius 2 is 2.16 bits per heavy atom. The maximum absolute atomic E-state index is 14.4. The summed E-state index contributed by atoms with van der Waals surface area (Å²) in [6, 6.07) is 13.0. The van der Waals surface area contributed by atoms with Crippen LogP contribution >= 0.6 is 15.9 Å². The van der Waals surface area contributed by atoms with Crippen molar-refractivity contribution in [1.29, 1.82) is 0 Å². The highest BCUT2D eigenvalue weighted by Crippen LogP contribution is 2.44. The molecule has 1 atom stereocenters. The van der Waals surface area contributed by atoms with Crippen LogP contribution in [-0.2, 0) is 4.74 Å². The van der Waals surface area contributed by atoms with Crippen molar-refractivity contribution in [3.05, 3.63) is 64.5 Å². The standard InChI is InChI=1S/C23H20BrFN4O2/c1-13-6-7-20(26-10-13)29-15(11-30-2)12-31-22-16(4-3-5-19(22)29)23-27-18-9-14(24)8-17(25)21(18)28-23/h3-10,15H,11-12H2,1-2H3,(H,27,28). The van der Waals surface area contributed by atoms with Crippen LogP contribution < -0.4 is 9.64 Å². The Bertz CT molecular complexity index is 1260. The van der Waals surface area contributed by atoms with Gasteiger partial charge in [0.1, 0.15) is 23.8 Å². The summed E-state index contributed by atoms with van der Waals surface area (Å²) in [5.74, 6) is 1.65. The molecule has 1 aliphatic heterocycles. The van der Waals surface area contributed by atoms with Crippen LogP contribution in [0.1, 0.15) is 5.56 Å². The van der Waals surface area contributed by atoms with Crippen molar-refractivity contribution < 1.29 is 13.9 Å². The first-order chi connectivity index (χ1) is 15.0. The zero-order valence-corrected chi connectivity index (χ0v) is 18.6. The molecule has 0 amide bonds. The molecule has 5 rings (SSSR count). The highest BCUT2D eigenvalue weighted by atomic mass is 79.9. The summed E-state index contributed by atoms with van der Waals surface area (Å²) in [6.07, 6.45) is 1.85. The van der Waals surface area contributed by atoms with Crippen LogP contribution in [-0.4, -0.2) is 41.3 Å². The fraction of sp³-hybridized carbons (Fsp3) is 0.217. The highest BCUT2D eigenvalue weighted by molar-refractivity contribution is 9.10. The molecule has 0 bridgehead atoms. The topological polar surface area (TPSA) is 63.3 Å². The zero-order chi connectivity index (χ0) is 21.5. The summed E-state index contributed by atoms with van der Waals surface area (Å²) in [4.78, 5) is 14.5. The number of H-pyrrole nitrogens is 1. The molecular formula is C23H20BrFN4O2. The average molecular weight is 483 g/mol.